The van der Waals surface area contributed by atoms with Gasteiger partial charge in [0.1, 0.15) is 0 Å². The van der Waals surface area contributed by atoms with Gasteiger partial charge in [0.05, 0.1) is 25.0 Å². The van der Waals surface area contributed by atoms with Gasteiger partial charge in [-0.15, -0.1) is 0 Å². The molecular weight excluding hydrogens is 285 g/mol. The molecule has 0 unspecified atom stereocenters. The van der Waals surface area contributed by atoms with Crippen molar-refractivity contribution in [2.45, 2.75) is 25.9 Å². The second-order valence-electron chi connectivity index (χ2n) is 5.43. The molecule has 0 saturated carbocycles. The summed E-state index contributed by atoms with van der Waals surface area (Å²) in [4.78, 5) is 0. The van der Waals surface area contributed by atoms with Crippen molar-refractivity contribution in [2.75, 3.05) is 13.7 Å². The molecule has 1 aromatic heterocycles. The summed E-state index contributed by atoms with van der Waals surface area (Å²) in [7, 11) is 3.49. The van der Waals surface area contributed by atoms with Crippen LogP contribution in [0.3, 0.4) is 0 Å². The lowest BCUT2D eigenvalue weighted by Gasteiger charge is -2.27. The normalized spacial score (nSPS) is 17.0. The average molecular weight is 305 g/mol. The first-order valence-electron chi connectivity index (χ1n) is 7.33. The highest BCUT2D eigenvalue weighted by molar-refractivity contribution is 5.39. The summed E-state index contributed by atoms with van der Waals surface area (Å²) in [6.07, 6.45) is 0.804. The van der Waals surface area contributed by atoms with E-state index in [0.717, 1.165) is 29.1 Å². The van der Waals surface area contributed by atoms with Crippen LogP contribution in [0.25, 0.3) is 0 Å². The molecule has 2 aromatic rings. The number of nitrogens with one attached hydrogen (secondary N) is 1. The Morgan fingerprint density at radius 2 is 2.32 bits per heavy atom. The van der Waals surface area contributed by atoms with E-state index in [2.05, 4.69) is 10.4 Å². The predicted molar refractivity (Wildman–Crippen MR) is 80.6 cm³/mol. The number of fused-ring (bicyclic) bond motifs is 1. The number of benzene rings is 1. The molecule has 1 atom stereocenters. The zero-order valence-corrected chi connectivity index (χ0v) is 13.0. The van der Waals surface area contributed by atoms with E-state index in [1.54, 1.807) is 17.9 Å². The van der Waals surface area contributed by atoms with Gasteiger partial charge in [-0.3, -0.25) is 0 Å². The number of nitrogens with zero attached hydrogens (tertiary/aromatic N) is 2. The lowest BCUT2D eigenvalue weighted by Crippen LogP contribution is -2.27. The molecule has 0 saturated heterocycles. The zero-order chi connectivity index (χ0) is 15.7. The number of rotatable bonds is 4. The molecule has 1 N–H and O–H groups in total. The summed E-state index contributed by atoms with van der Waals surface area (Å²) in [5.41, 5.74) is 2.82. The molecule has 0 spiro atoms. The molecular formula is C16H20FN3O2. The van der Waals surface area contributed by atoms with Crippen molar-refractivity contribution >= 4 is 0 Å². The van der Waals surface area contributed by atoms with Crippen LogP contribution in [-0.2, 0) is 13.6 Å². The first kappa shape index (κ1) is 14.8. The Kier molecular flexibility index (Phi) is 4.02. The number of para-hydroxylation sites is 1. The van der Waals surface area contributed by atoms with Gasteiger partial charge in [-0.05, 0) is 13.0 Å². The van der Waals surface area contributed by atoms with Gasteiger partial charge in [0, 0.05) is 31.6 Å². The minimum Gasteiger partial charge on any atom is -0.490 e. The molecule has 2 heterocycles. The topological polar surface area (TPSA) is 48.3 Å². The quantitative estimate of drug-likeness (QED) is 0.943. The van der Waals surface area contributed by atoms with Gasteiger partial charge >= 0.3 is 0 Å². The summed E-state index contributed by atoms with van der Waals surface area (Å²) in [5, 5.41) is 7.84. The Labute approximate surface area is 129 Å². The average Bonchev–Trinajstić information content (AvgIpc) is 2.78. The fourth-order valence-electron chi connectivity index (χ4n) is 2.96. The highest BCUT2D eigenvalue weighted by Crippen LogP contribution is 2.34. The van der Waals surface area contributed by atoms with E-state index in [4.69, 9.17) is 9.47 Å². The molecule has 0 bridgehead atoms. The summed E-state index contributed by atoms with van der Waals surface area (Å²) in [5.74, 6) is 0.803. The second kappa shape index (κ2) is 5.96. The van der Waals surface area contributed by atoms with E-state index in [1.165, 1.54) is 6.07 Å². The minimum atomic E-state index is -0.306. The van der Waals surface area contributed by atoms with Crippen molar-refractivity contribution in [2.24, 2.45) is 7.05 Å². The lowest BCUT2D eigenvalue weighted by molar-refractivity contribution is 0.240. The third kappa shape index (κ3) is 2.54. The maximum absolute atomic E-state index is 13.8. The third-order valence-corrected chi connectivity index (χ3v) is 4.03. The van der Waals surface area contributed by atoms with Crippen LogP contribution in [0, 0.1) is 12.7 Å². The SMILES string of the molecule is COc1c(CN[C@H]2CCOc3c(F)cccc32)c(C)nn1C. The zero-order valence-electron chi connectivity index (χ0n) is 13.0. The molecule has 118 valence electrons. The number of aromatic nitrogens is 2. The van der Waals surface area contributed by atoms with Crippen molar-refractivity contribution in [1.29, 1.82) is 0 Å². The van der Waals surface area contributed by atoms with Crippen molar-refractivity contribution < 1.29 is 13.9 Å². The third-order valence-electron chi connectivity index (χ3n) is 4.03. The number of hydrogen-bond donors (Lipinski definition) is 1. The van der Waals surface area contributed by atoms with E-state index in [-0.39, 0.29) is 11.9 Å². The summed E-state index contributed by atoms with van der Waals surface area (Å²) < 4.78 is 26.4. The van der Waals surface area contributed by atoms with Gasteiger partial charge in [0.25, 0.3) is 0 Å². The Morgan fingerprint density at radius 3 is 3.09 bits per heavy atom. The van der Waals surface area contributed by atoms with Crippen LogP contribution in [0.1, 0.15) is 29.3 Å². The van der Waals surface area contributed by atoms with Crippen LogP contribution >= 0.6 is 0 Å². The molecule has 22 heavy (non-hydrogen) atoms. The van der Waals surface area contributed by atoms with Crippen molar-refractivity contribution in [3.05, 3.63) is 40.8 Å². The van der Waals surface area contributed by atoms with Crippen LogP contribution in [0.4, 0.5) is 4.39 Å². The number of ether oxygens (including phenoxy) is 2. The van der Waals surface area contributed by atoms with Gasteiger partial charge in [-0.2, -0.15) is 5.10 Å². The fraction of sp³-hybridized carbons (Fsp3) is 0.438. The first-order chi connectivity index (χ1) is 10.6. The molecule has 0 amide bonds. The van der Waals surface area contributed by atoms with E-state index in [1.807, 2.05) is 20.0 Å². The van der Waals surface area contributed by atoms with E-state index in [9.17, 15) is 4.39 Å². The Hall–Kier alpha value is -2.08. The molecule has 1 aromatic carbocycles. The van der Waals surface area contributed by atoms with Crippen LogP contribution in [0.2, 0.25) is 0 Å². The van der Waals surface area contributed by atoms with Crippen LogP contribution in [0.15, 0.2) is 18.2 Å². The van der Waals surface area contributed by atoms with E-state index >= 15 is 0 Å². The monoisotopic (exact) mass is 305 g/mol. The van der Waals surface area contributed by atoms with Gasteiger partial charge in [0.15, 0.2) is 11.6 Å². The number of hydrogen-bond acceptors (Lipinski definition) is 4. The molecule has 0 fully saturated rings. The molecule has 6 heteroatoms. The van der Waals surface area contributed by atoms with Crippen LogP contribution in [0.5, 0.6) is 11.6 Å². The molecule has 5 nitrogen and oxygen atoms in total. The molecule has 3 rings (SSSR count). The molecule has 1 aliphatic rings. The maximum Gasteiger partial charge on any atom is 0.216 e. The fourth-order valence-corrected chi connectivity index (χ4v) is 2.96. The number of methoxy groups -OCH3 is 1. The summed E-state index contributed by atoms with van der Waals surface area (Å²) >= 11 is 0. The number of aryl methyl sites for hydroxylation is 2. The van der Waals surface area contributed by atoms with Gasteiger partial charge in [-0.1, -0.05) is 12.1 Å². The van der Waals surface area contributed by atoms with E-state index in [0.29, 0.717) is 18.9 Å². The second-order valence-corrected chi connectivity index (χ2v) is 5.43. The van der Waals surface area contributed by atoms with Gasteiger partial charge < -0.3 is 14.8 Å². The molecule has 0 aliphatic carbocycles. The first-order valence-corrected chi connectivity index (χ1v) is 7.33. The summed E-state index contributed by atoms with van der Waals surface area (Å²) in [6, 6.07) is 5.11. The van der Waals surface area contributed by atoms with Gasteiger partial charge in [0.2, 0.25) is 5.88 Å². The minimum absolute atomic E-state index is 0.0590. The van der Waals surface area contributed by atoms with Crippen LogP contribution in [-0.4, -0.2) is 23.5 Å². The predicted octanol–water partition coefficient (Wildman–Crippen LogP) is 2.49. The van der Waals surface area contributed by atoms with E-state index < -0.39 is 0 Å². The highest BCUT2D eigenvalue weighted by atomic mass is 19.1. The molecule has 1 aliphatic heterocycles. The summed E-state index contributed by atoms with van der Waals surface area (Å²) in [6.45, 7) is 3.08. The number of halogens is 1. The smallest absolute Gasteiger partial charge is 0.216 e. The van der Waals surface area contributed by atoms with Crippen molar-refractivity contribution in [1.82, 2.24) is 15.1 Å². The maximum atomic E-state index is 13.8. The standard InChI is InChI=1S/C16H20FN3O2/c1-10-12(16(21-3)20(2)19-10)9-18-14-7-8-22-15-11(14)5-4-6-13(15)17/h4-6,14,18H,7-9H2,1-3H3/t14-/m0/s1. The molecule has 0 radical (unpaired) electrons. The Morgan fingerprint density at radius 1 is 1.50 bits per heavy atom. The highest BCUT2D eigenvalue weighted by Gasteiger charge is 2.24. The van der Waals surface area contributed by atoms with Crippen molar-refractivity contribution in [3.8, 4) is 11.6 Å². The van der Waals surface area contributed by atoms with Crippen molar-refractivity contribution in [3.63, 3.8) is 0 Å². The van der Waals surface area contributed by atoms with Gasteiger partial charge in [-0.25, -0.2) is 9.07 Å². The van der Waals surface area contributed by atoms with Crippen LogP contribution < -0.4 is 14.8 Å². The largest absolute Gasteiger partial charge is 0.490 e. The lowest BCUT2D eigenvalue weighted by atomic mass is 10.00. The Bertz CT molecular complexity index is 684. The Balaban J connectivity index is 1.80.